The quantitative estimate of drug-likeness (QED) is 0.852. The predicted octanol–water partition coefficient (Wildman–Crippen LogP) is 4.84. The van der Waals surface area contributed by atoms with Gasteiger partial charge in [-0.05, 0) is 38.3 Å². The van der Waals surface area contributed by atoms with Crippen LogP contribution in [0.15, 0.2) is 24.3 Å². The van der Waals surface area contributed by atoms with Gasteiger partial charge in [0.05, 0.1) is 11.7 Å². The Balaban J connectivity index is 1.93. The standard InChI is InChI=1S/C18H28O2/c1-18(2,14-15-10-8-9-13-17(15)19)20-16-11-6-4-3-5-7-12-16/h8-10,13,16,19H,3-7,11-12,14H2,1-2H3. The number of rotatable bonds is 4. The van der Waals surface area contributed by atoms with E-state index >= 15 is 0 Å². The molecule has 1 aromatic carbocycles. The highest BCUT2D eigenvalue weighted by Crippen LogP contribution is 2.28. The summed E-state index contributed by atoms with van der Waals surface area (Å²) in [5.74, 6) is 0.377. The highest BCUT2D eigenvalue weighted by molar-refractivity contribution is 5.32. The van der Waals surface area contributed by atoms with E-state index in [4.69, 9.17) is 4.74 Å². The Labute approximate surface area is 123 Å². The van der Waals surface area contributed by atoms with Crippen LogP contribution in [-0.4, -0.2) is 16.8 Å². The van der Waals surface area contributed by atoms with Crippen LogP contribution in [0.25, 0.3) is 0 Å². The molecule has 0 bridgehead atoms. The predicted molar refractivity (Wildman–Crippen MR) is 83.1 cm³/mol. The van der Waals surface area contributed by atoms with Gasteiger partial charge in [-0.2, -0.15) is 0 Å². The molecule has 1 N–H and O–H groups in total. The molecule has 1 saturated carbocycles. The summed E-state index contributed by atoms with van der Waals surface area (Å²) < 4.78 is 6.36. The Morgan fingerprint density at radius 1 is 1.05 bits per heavy atom. The van der Waals surface area contributed by atoms with Gasteiger partial charge in [0.15, 0.2) is 0 Å². The molecule has 112 valence electrons. The number of hydrogen-bond acceptors (Lipinski definition) is 2. The third-order valence-electron chi connectivity index (χ3n) is 4.15. The summed E-state index contributed by atoms with van der Waals surface area (Å²) in [6.45, 7) is 4.27. The second kappa shape index (κ2) is 7.12. The summed E-state index contributed by atoms with van der Waals surface area (Å²) in [4.78, 5) is 0. The summed E-state index contributed by atoms with van der Waals surface area (Å²) in [6, 6.07) is 7.57. The first kappa shape index (κ1) is 15.4. The summed E-state index contributed by atoms with van der Waals surface area (Å²) in [7, 11) is 0. The van der Waals surface area contributed by atoms with Crippen molar-refractivity contribution in [2.24, 2.45) is 0 Å². The zero-order chi connectivity index (χ0) is 14.4. The molecule has 1 aliphatic carbocycles. The molecule has 2 nitrogen and oxygen atoms in total. The van der Waals surface area contributed by atoms with E-state index in [1.165, 1.54) is 44.9 Å². The van der Waals surface area contributed by atoms with Gasteiger partial charge in [0.2, 0.25) is 0 Å². The molecular formula is C18H28O2. The highest BCUT2D eigenvalue weighted by Gasteiger charge is 2.25. The number of hydrogen-bond donors (Lipinski definition) is 1. The van der Waals surface area contributed by atoms with Crippen LogP contribution in [0.5, 0.6) is 5.75 Å². The fraction of sp³-hybridized carbons (Fsp3) is 0.667. The van der Waals surface area contributed by atoms with Crippen LogP contribution in [0.2, 0.25) is 0 Å². The minimum Gasteiger partial charge on any atom is -0.508 e. The molecule has 1 aromatic rings. The first-order valence-electron chi connectivity index (χ1n) is 8.01. The molecule has 0 aromatic heterocycles. The zero-order valence-corrected chi connectivity index (χ0v) is 12.9. The van der Waals surface area contributed by atoms with Crippen LogP contribution >= 0.6 is 0 Å². The number of benzene rings is 1. The van der Waals surface area contributed by atoms with Crippen molar-refractivity contribution in [1.82, 2.24) is 0 Å². The summed E-state index contributed by atoms with van der Waals surface area (Å²) in [5.41, 5.74) is 0.756. The molecule has 0 unspecified atom stereocenters. The van der Waals surface area contributed by atoms with Crippen molar-refractivity contribution in [3.05, 3.63) is 29.8 Å². The molecular weight excluding hydrogens is 248 g/mol. The zero-order valence-electron chi connectivity index (χ0n) is 12.9. The van der Waals surface area contributed by atoms with Crippen molar-refractivity contribution in [2.45, 2.75) is 76.9 Å². The van der Waals surface area contributed by atoms with Gasteiger partial charge in [-0.3, -0.25) is 0 Å². The molecule has 1 aliphatic rings. The molecule has 0 spiro atoms. The molecule has 0 heterocycles. The third-order valence-corrected chi connectivity index (χ3v) is 4.15. The van der Waals surface area contributed by atoms with Crippen LogP contribution in [0.1, 0.15) is 64.4 Å². The van der Waals surface area contributed by atoms with E-state index in [1.54, 1.807) is 6.07 Å². The lowest BCUT2D eigenvalue weighted by Crippen LogP contribution is -2.33. The molecule has 0 saturated heterocycles. The Bertz CT molecular complexity index is 404. The van der Waals surface area contributed by atoms with Crippen LogP contribution in [0.3, 0.4) is 0 Å². The lowest BCUT2D eigenvalue weighted by molar-refractivity contribution is -0.0799. The van der Waals surface area contributed by atoms with E-state index in [2.05, 4.69) is 13.8 Å². The van der Waals surface area contributed by atoms with E-state index < -0.39 is 0 Å². The van der Waals surface area contributed by atoms with Gasteiger partial charge < -0.3 is 9.84 Å². The number of phenols is 1. The summed E-state index contributed by atoms with van der Waals surface area (Å²) >= 11 is 0. The topological polar surface area (TPSA) is 29.5 Å². The first-order valence-corrected chi connectivity index (χ1v) is 8.01. The van der Waals surface area contributed by atoms with Crippen LogP contribution in [0.4, 0.5) is 0 Å². The summed E-state index contributed by atoms with van der Waals surface area (Å²) in [6.07, 6.45) is 10.2. The lowest BCUT2D eigenvalue weighted by atomic mass is 9.95. The van der Waals surface area contributed by atoms with Gasteiger partial charge in [-0.15, -0.1) is 0 Å². The number of aromatic hydroxyl groups is 1. The third kappa shape index (κ3) is 4.82. The molecule has 20 heavy (non-hydrogen) atoms. The molecule has 0 radical (unpaired) electrons. The first-order chi connectivity index (χ1) is 9.57. The smallest absolute Gasteiger partial charge is 0.118 e. The van der Waals surface area contributed by atoms with Crippen molar-refractivity contribution in [2.75, 3.05) is 0 Å². The number of phenolic OH excluding ortho intramolecular Hbond substituents is 1. The van der Waals surface area contributed by atoms with Gasteiger partial charge in [-0.25, -0.2) is 0 Å². The molecule has 2 rings (SSSR count). The van der Waals surface area contributed by atoms with Gasteiger partial charge >= 0.3 is 0 Å². The van der Waals surface area contributed by atoms with Gasteiger partial charge in [0.25, 0.3) is 0 Å². The minimum absolute atomic E-state index is 0.220. The Kier molecular flexibility index (Phi) is 5.47. The van der Waals surface area contributed by atoms with Crippen LogP contribution < -0.4 is 0 Å². The Hall–Kier alpha value is -1.02. The molecule has 0 amide bonds. The Morgan fingerprint density at radius 3 is 2.30 bits per heavy atom. The van der Waals surface area contributed by atoms with E-state index in [9.17, 15) is 5.11 Å². The van der Waals surface area contributed by atoms with E-state index in [-0.39, 0.29) is 5.60 Å². The molecule has 0 atom stereocenters. The molecule has 2 heteroatoms. The van der Waals surface area contributed by atoms with Crippen molar-refractivity contribution < 1.29 is 9.84 Å². The Morgan fingerprint density at radius 2 is 1.65 bits per heavy atom. The van der Waals surface area contributed by atoms with E-state index in [0.717, 1.165) is 12.0 Å². The van der Waals surface area contributed by atoms with Crippen molar-refractivity contribution in [1.29, 1.82) is 0 Å². The van der Waals surface area contributed by atoms with Crippen LogP contribution in [-0.2, 0) is 11.2 Å². The SMILES string of the molecule is CC(C)(Cc1ccccc1O)OC1CCCCCCC1. The second-order valence-electron chi connectivity index (χ2n) is 6.65. The minimum atomic E-state index is -0.220. The van der Waals surface area contributed by atoms with Gasteiger partial charge in [0.1, 0.15) is 5.75 Å². The lowest BCUT2D eigenvalue weighted by Gasteiger charge is -2.32. The monoisotopic (exact) mass is 276 g/mol. The average Bonchev–Trinajstić information content (AvgIpc) is 2.35. The van der Waals surface area contributed by atoms with Crippen molar-refractivity contribution in [3.8, 4) is 5.75 Å². The fourth-order valence-corrected chi connectivity index (χ4v) is 3.15. The number of ether oxygens (including phenoxy) is 1. The maximum atomic E-state index is 9.91. The maximum absolute atomic E-state index is 9.91. The normalized spacial score (nSPS) is 18.5. The van der Waals surface area contributed by atoms with Crippen molar-refractivity contribution >= 4 is 0 Å². The number of para-hydroxylation sites is 1. The highest BCUT2D eigenvalue weighted by atomic mass is 16.5. The summed E-state index contributed by atoms with van der Waals surface area (Å²) in [5, 5.41) is 9.91. The maximum Gasteiger partial charge on any atom is 0.118 e. The van der Waals surface area contributed by atoms with E-state index in [0.29, 0.717) is 11.9 Å². The molecule has 0 aliphatic heterocycles. The second-order valence-corrected chi connectivity index (χ2v) is 6.65. The van der Waals surface area contributed by atoms with Gasteiger partial charge in [0, 0.05) is 6.42 Å². The van der Waals surface area contributed by atoms with Crippen LogP contribution in [0, 0.1) is 0 Å². The van der Waals surface area contributed by atoms with Gasteiger partial charge in [-0.1, -0.05) is 50.3 Å². The van der Waals surface area contributed by atoms with Crippen molar-refractivity contribution in [3.63, 3.8) is 0 Å². The molecule has 1 fully saturated rings. The largest absolute Gasteiger partial charge is 0.508 e. The van der Waals surface area contributed by atoms with E-state index in [1.807, 2.05) is 18.2 Å². The fourth-order valence-electron chi connectivity index (χ4n) is 3.15. The average molecular weight is 276 g/mol.